The molecule has 2 N–H and O–H groups in total. The molecule has 0 spiro atoms. The van der Waals surface area contributed by atoms with Crippen molar-refractivity contribution in [2.75, 3.05) is 0 Å². The van der Waals surface area contributed by atoms with Crippen LogP contribution in [0.3, 0.4) is 0 Å². The van der Waals surface area contributed by atoms with Crippen LogP contribution in [-0.4, -0.2) is 17.0 Å². The summed E-state index contributed by atoms with van der Waals surface area (Å²) in [4.78, 5) is 23.7. The number of aliphatic carboxylic acids is 1. The van der Waals surface area contributed by atoms with Crippen LogP contribution < -0.4 is 5.32 Å². The lowest BCUT2D eigenvalue weighted by Gasteiger charge is -2.15. The Bertz CT molecular complexity index is 676. The number of halogens is 2. The number of rotatable bonds is 4. The highest BCUT2D eigenvalue weighted by Gasteiger charge is 2.23. The van der Waals surface area contributed by atoms with Gasteiger partial charge < -0.3 is 10.4 Å². The Morgan fingerprint density at radius 3 is 2.43 bits per heavy atom. The van der Waals surface area contributed by atoms with Gasteiger partial charge in [-0.1, -0.05) is 46.3 Å². The molecule has 1 atom stereocenters. The Kier molecular flexibility index (Phi) is 5.35. The van der Waals surface area contributed by atoms with E-state index >= 15 is 0 Å². The van der Waals surface area contributed by atoms with Gasteiger partial charge in [-0.3, -0.25) is 4.79 Å². The third-order valence-electron chi connectivity index (χ3n) is 2.83. The first-order valence-electron chi connectivity index (χ1n) is 6.02. The number of amides is 1. The van der Waals surface area contributed by atoms with E-state index in [0.29, 0.717) is 11.1 Å². The van der Waals surface area contributed by atoms with E-state index in [1.54, 1.807) is 42.5 Å². The van der Waals surface area contributed by atoms with E-state index < -0.39 is 17.9 Å². The van der Waals surface area contributed by atoms with Gasteiger partial charge in [-0.2, -0.15) is 0 Å². The van der Waals surface area contributed by atoms with Crippen molar-refractivity contribution in [2.24, 2.45) is 0 Å². The monoisotopic (exact) mass is 459 g/mol. The van der Waals surface area contributed by atoms with E-state index in [1.165, 1.54) is 0 Å². The zero-order valence-electron chi connectivity index (χ0n) is 10.7. The van der Waals surface area contributed by atoms with Crippen molar-refractivity contribution in [1.29, 1.82) is 0 Å². The maximum atomic E-state index is 12.3. The summed E-state index contributed by atoms with van der Waals surface area (Å²) in [5.74, 6) is -1.52. The fourth-order valence-electron chi connectivity index (χ4n) is 1.81. The third-order valence-corrected chi connectivity index (χ3v) is 4.26. The van der Waals surface area contributed by atoms with Crippen molar-refractivity contribution in [1.82, 2.24) is 5.32 Å². The number of hydrogen-bond donors (Lipinski definition) is 2. The number of carboxylic acids is 1. The van der Waals surface area contributed by atoms with Gasteiger partial charge in [-0.15, -0.1) is 0 Å². The van der Waals surface area contributed by atoms with Crippen molar-refractivity contribution < 1.29 is 14.7 Å². The Labute approximate surface area is 143 Å². The molecule has 4 nitrogen and oxygen atoms in total. The summed E-state index contributed by atoms with van der Waals surface area (Å²) in [6.07, 6.45) is 0. The lowest BCUT2D eigenvalue weighted by molar-refractivity contribution is -0.139. The van der Waals surface area contributed by atoms with Crippen molar-refractivity contribution in [3.8, 4) is 0 Å². The molecule has 21 heavy (non-hydrogen) atoms. The number of nitrogens with one attached hydrogen (secondary N) is 1. The summed E-state index contributed by atoms with van der Waals surface area (Å²) in [5.41, 5.74) is 0.968. The molecule has 0 saturated carbocycles. The summed E-state index contributed by atoms with van der Waals surface area (Å²) < 4.78 is 1.52. The highest BCUT2D eigenvalue weighted by Crippen LogP contribution is 2.20. The Hall–Kier alpha value is -1.41. The van der Waals surface area contributed by atoms with Crippen LogP contribution in [0.1, 0.15) is 22.0 Å². The van der Waals surface area contributed by atoms with Crippen molar-refractivity contribution in [2.45, 2.75) is 6.04 Å². The predicted molar refractivity (Wildman–Crippen MR) is 91.1 cm³/mol. The average molecular weight is 460 g/mol. The fourth-order valence-corrected chi connectivity index (χ4v) is 2.76. The quantitative estimate of drug-likeness (QED) is 0.686. The zero-order chi connectivity index (χ0) is 15.4. The molecular weight excluding hydrogens is 449 g/mol. The second kappa shape index (κ2) is 7.04. The summed E-state index contributed by atoms with van der Waals surface area (Å²) in [5, 5.41) is 11.9. The van der Waals surface area contributed by atoms with Gasteiger partial charge in [0.2, 0.25) is 0 Å². The van der Waals surface area contributed by atoms with Gasteiger partial charge in [0.05, 0.1) is 5.56 Å². The number of hydrogen-bond acceptors (Lipinski definition) is 2. The fraction of sp³-hybridized carbons (Fsp3) is 0.0667. The molecule has 6 heteroatoms. The van der Waals surface area contributed by atoms with Gasteiger partial charge in [0, 0.05) is 8.04 Å². The Morgan fingerprint density at radius 1 is 1.14 bits per heavy atom. The minimum absolute atomic E-state index is 0.419. The van der Waals surface area contributed by atoms with Crippen LogP contribution >= 0.6 is 38.5 Å². The molecule has 0 saturated heterocycles. The van der Waals surface area contributed by atoms with Crippen molar-refractivity contribution in [3.05, 3.63) is 67.7 Å². The minimum Gasteiger partial charge on any atom is -0.479 e. The Morgan fingerprint density at radius 2 is 1.81 bits per heavy atom. The number of benzene rings is 2. The second-order valence-electron chi connectivity index (χ2n) is 4.28. The van der Waals surface area contributed by atoms with E-state index in [9.17, 15) is 14.7 Å². The van der Waals surface area contributed by atoms with Gasteiger partial charge in [0.1, 0.15) is 0 Å². The summed E-state index contributed by atoms with van der Waals surface area (Å²) >= 11 is 5.35. The molecule has 0 bridgehead atoms. The predicted octanol–water partition coefficient (Wildman–Crippen LogP) is 3.61. The van der Waals surface area contributed by atoms with Crippen LogP contribution in [0.5, 0.6) is 0 Å². The van der Waals surface area contributed by atoms with Gasteiger partial charge in [-0.25, -0.2) is 4.79 Å². The van der Waals surface area contributed by atoms with Crippen LogP contribution in [0.25, 0.3) is 0 Å². The number of carbonyl (C=O) groups excluding carboxylic acids is 1. The summed E-state index contributed by atoms with van der Waals surface area (Å²) in [7, 11) is 0. The highest BCUT2D eigenvalue weighted by molar-refractivity contribution is 14.1. The average Bonchev–Trinajstić information content (AvgIpc) is 2.47. The third kappa shape index (κ3) is 4.04. The molecule has 0 aliphatic carbocycles. The Balaban J connectivity index is 2.27. The molecule has 0 unspecified atom stereocenters. The molecule has 2 rings (SSSR count). The summed E-state index contributed by atoms with van der Waals surface area (Å²) in [6, 6.07) is 12.8. The molecular formula is C15H11BrINO3. The molecule has 0 aromatic heterocycles. The van der Waals surface area contributed by atoms with E-state index in [2.05, 4.69) is 21.2 Å². The SMILES string of the molecule is O=C(N[C@@H](C(=O)O)c1ccccc1)c1cc(Br)ccc1I. The maximum Gasteiger partial charge on any atom is 0.330 e. The summed E-state index contributed by atoms with van der Waals surface area (Å²) in [6.45, 7) is 0. The standard InChI is InChI=1S/C15H11BrINO3/c16-10-6-7-12(17)11(8-10)14(19)18-13(15(20)21)9-4-2-1-3-5-9/h1-8,13H,(H,18,19)(H,20,21)/t13-/m1/s1. The van der Waals surface area contributed by atoms with E-state index in [-0.39, 0.29) is 0 Å². The van der Waals surface area contributed by atoms with Gasteiger partial charge >= 0.3 is 5.97 Å². The van der Waals surface area contributed by atoms with Crippen LogP contribution in [0, 0.1) is 3.57 Å². The van der Waals surface area contributed by atoms with Gasteiger partial charge in [-0.05, 0) is 46.4 Å². The molecule has 108 valence electrons. The van der Waals surface area contributed by atoms with Gasteiger partial charge in [0.25, 0.3) is 5.91 Å². The molecule has 1 amide bonds. The smallest absolute Gasteiger partial charge is 0.330 e. The van der Waals surface area contributed by atoms with Crippen LogP contribution in [-0.2, 0) is 4.79 Å². The molecule has 0 heterocycles. The van der Waals surface area contributed by atoms with Crippen LogP contribution in [0.4, 0.5) is 0 Å². The van der Waals surface area contributed by atoms with E-state index in [4.69, 9.17) is 0 Å². The molecule has 0 aliphatic heterocycles. The first kappa shape index (κ1) is 16.0. The topological polar surface area (TPSA) is 66.4 Å². The largest absolute Gasteiger partial charge is 0.479 e. The number of carbonyl (C=O) groups is 2. The molecule has 0 fully saturated rings. The van der Waals surface area contributed by atoms with Crippen LogP contribution in [0.2, 0.25) is 0 Å². The van der Waals surface area contributed by atoms with Crippen LogP contribution in [0.15, 0.2) is 53.0 Å². The molecule has 2 aromatic rings. The van der Waals surface area contributed by atoms with E-state index in [1.807, 2.05) is 28.7 Å². The molecule has 0 aliphatic rings. The number of carboxylic acid groups (broad SMARTS) is 1. The maximum absolute atomic E-state index is 12.3. The van der Waals surface area contributed by atoms with Crippen molar-refractivity contribution >= 4 is 50.4 Å². The highest BCUT2D eigenvalue weighted by atomic mass is 127. The first-order chi connectivity index (χ1) is 9.99. The lowest BCUT2D eigenvalue weighted by Crippen LogP contribution is -2.34. The first-order valence-corrected chi connectivity index (χ1v) is 7.90. The van der Waals surface area contributed by atoms with Crippen molar-refractivity contribution in [3.63, 3.8) is 0 Å². The van der Waals surface area contributed by atoms with Gasteiger partial charge in [0.15, 0.2) is 6.04 Å². The van der Waals surface area contributed by atoms with E-state index in [0.717, 1.165) is 8.04 Å². The second-order valence-corrected chi connectivity index (χ2v) is 6.36. The normalized spacial score (nSPS) is 11.7. The molecule has 0 radical (unpaired) electrons. The minimum atomic E-state index is -1.10. The molecule has 2 aromatic carbocycles. The zero-order valence-corrected chi connectivity index (χ0v) is 14.5. The lowest BCUT2D eigenvalue weighted by atomic mass is 10.1.